The van der Waals surface area contributed by atoms with Crippen molar-refractivity contribution in [3.63, 3.8) is 0 Å². The van der Waals surface area contributed by atoms with E-state index in [9.17, 15) is 22.4 Å². The summed E-state index contributed by atoms with van der Waals surface area (Å²) >= 11 is 6.03. The number of hydrogen-bond donors (Lipinski definition) is 2. The maximum atomic E-state index is 14.9. The Labute approximate surface area is 177 Å². The predicted octanol–water partition coefficient (Wildman–Crippen LogP) is 4.14. The molecular weight excluding hydrogens is 433 g/mol. The summed E-state index contributed by atoms with van der Waals surface area (Å²) in [6, 6.07) is 5.74. The summed E-state index contributed by atoms with van der Waals surface area (Å²) in [6.07, 6.45) is 1.60. The van der Waals surface area contributed by atoms with Gasteiger partial charge in [0, 0.05) is 24.9 Å². The van der Waals surface area contributed by atoms with Gasteiger partial charge in [-0.2, -0.15) is 0 Å². The first kappa shape index (κ1) is 21.9. The van der Waals surface area contributed by atoms with Crippen LogP contribution in [0.2, 0.25) is 5.02 Å². The number of H-pyrrole nitrogens is 1. The van der Waals surface area contributed by atoms with Crippen molar-refractivity contribution in [3.8, 4) is 0 Å². The Morgan fingerprint density at radius 3 is 2.67 bits per heavy atom. The number of ketones is 2. The number of fused-ring (bicyclic) bond motifs is 1. The summed E-state index contributed by atoms with van der Waals surface area (Å²) in [5.74, 6) is -1.98. The van der Waals surface area contributed by atoms with Crippen LogP contribution in [0.3, 0.4) is 0 Å². The molecule has 0 aliphatic rings. The van der Waals surface area contributed by atoms with Gasteiger partial charge in [-0.3, -0.25) is 14.3 Å². The van der Waals surface area contributed by atoms with E-state index in [0.29, 0.717) is 28.7 Å². The van der Waals surface area contributed by atoms with Gasteiger partial charge in [0.1, 0.15) is 5.65 Å². The number of nitrogens with one attached hydrogen (secondary N) is 2. The fourth-order valence-corrected chi connectivity index (χ4v) is 4.38. The third-order valence-electron chi connectivity index (χ3n) is 4.38. The quantitative estimate of drug-likeness (QED) is 0.500. The van der Waals surface area contributed by atoms with Gasteiger partial charge in [0.15, 0.2) is 17.4 Å². The Kier molecular flexibility index (Phi) is 6.23. The lowest BCUT2D eigenvalue weighted by Crippen LogP contribution is -2.18. The van der Waals surface area contributed by atoms with Crippen LogP contribution in [0, 0.1) is 5.82 Å². The average molecular weight is 452 g/mol. The van der Waals surface area contributed by atoms with Crippen LogP contribution in [0.25, 0.3) is 11.0 Å². The van der Waals surface area contributed by atoms with Crippen molar-refractivity contribution in [2.45, 2.75) is 26.7 Å². The number of halogens is 2. The molecule has 0 fully saturated rings. The molecule has 3 rings (SSSR count). The predicted molar refractivity (Wildman–Crippen MR) is 113 cm³/mol. The average Bonchev–Trinajstić information content (AvgIpc) is 3.08. The summed E-state index contributed by atoms with van der Waals surface area (Å²) in [6.45, 7) is 3.10. The number of Topliss-reactive ketones (excluding diaryl/α,β-unsaturated/α-hetero) is 2. The molecule has 2 heterocycles. The van der Waals surface area contributed by atoms with E-state index in [4.69, 9.17) is 11.6 Å². The molecule has 0 aliphatic carbocycles. The van der Waals surface area contributed by atoms with Crippen LogP contribution in [0.1, 0.15) is 46.7 Å². The summed E-state index contributed by atoms with van der Waals surface area (Å²) in [5.41, 5.74) is 0.651. The van der Waals surface area contributed by atoms with Crippen LogP contribution in [-0.2, 0) is 16.4 Å². The van der Waals surface area contributed by atoms with Crippen LogP contribution in [-0.4, -0.2) is 35.7 Å². The molecular formula is C20H19ClFN3O4S. The standard InChI is InChI=1S/C20H19ClFN3O4S/c1-3-6-30(28,29)25-15-5-4-14(21)18(19(15)22)17(27)8-12-7-13-9-16(11(2)26)24-20(13)23-10-12/h4-5,7,9-10,25H,3,6,8H2,1-2H3,(H,23,24). The number of sulfonamides is 1. The van der Waals surface area contributed by atoms with Crippen LogP contribution < -0.4 is 4.72 Å². The van der Waals surface area contributed by atoms with E-state index >= 15 is 0 Å². The Bertz CT molecular complexity index is 1250. The molecule has 0 spiro atoms. The largest absolute Gasteiger partial charge is 0.337 e. The van der Waals surface area contributed by atoms with Gasteiger partial charge in [-0.25, -0.2) is 17.8 Å². The third kappa shape index (κ3) is 4.68. The van der Waals surface area contributed by atoms with Crippen LogP contribution in [0.4, 0.5) is 10.1 Å². The van der Waals surface area contributed by atoms with E-state index in [2.05, 4.69) is 14.7 Å². The molecule has 10 heteroatoms. The number of anilines is 1. The Hall–Kier alpha value is -2.78. The first-order valence-corrected chi connectivity index (χ1v) is 11.1. The summed E-state index contributed by atoms with van der Waals surface area (Å²) < 4.78 is 41.0. The van der Waals surface area contributed by atoms with Crippen molar-refractivity contribution in [2.24, 2.45) is 0 Å². The molecule has 2 N–H and O–H groups in total. The Morgan fingerprint density at radius 1 is 1.27 bits per heavy atom. The maximum absolute atomic E-state index is 14.9. The van der Waals surface area contributed by atoms with Crippen molar-refractivity contribution in [1.29, 1.82) is 0 Å². The van der Waals surface area contributed by atoms with E-state index in [1.807, 2.05) is 0 Å². The Morgan fingerprint density at radius 2 is 2.00 bits per heavy atom. The summed E-state index contributed by atoms with van der Waals surface area (Å²) in [4.78, 5) is 31.3. The molecule has 0 aliphatic heterocycles. The number of aromatic amines is 1. The van der Waals surface area contributed by atoms with Crippen molar-refractivity contribution in [2.75, 3.05) is 10.5 Å². The van der Waals surface area contributed by atoms with E-state index < -0.39 is 27.2 Å². The van der Waals surface area contributed by atoms with E-state index in [1.165, 1.54) is 25.3 Å². The molecule has 1 aromatic carbocycles. The Balaban J connectivity index is 1.90. The number of nitrogens with zero attached hydrogens (tertiary/aromatic N) is 1. The number of pyridine rings is 1. The van der Waals surface area contributed by atoms with E-state index in [0.717, 1.165) is 0 Å². The second kappa shape index (κ2) is 8.53. The lowest BCUT2D eigenvalue weighted by Gasteiger charge is -2.12. The fourth-order valence-electron chi connectivity index (χ4n) is 3.00. The third-order valence-corrected chi connectivity index (χ3v) is 6.17. The van der Waals surface area contributed by atoms with Gasteiger partial charge < -0.3 is 4.98 Å². The van der Waals surface area contributed by atoms with Crippen LogP contribution in [0.15, 0.2) is 30.5 Å². The van der Waals surface area contributed by atoms with Crippen molar-refractivity contribution >= 4 is 49.9 Å². The highest BCUT2D eigenvalue weighted by atomic mass is 35.5. The van der Waals surface area contributed by atoms with Gasteiger partial charge in [0.05, 0.1) is 27.7 Å². The number of aromatic nitrogens is 2. The number of benzene rings is 1. The van der Waals surface area contributed by atoms with Crippen LogP contribution >= 0.6 is 11.6 Å². The van der Waals surface area contributed by atoms with Gasteiger partial charge >= 0.3 is 0 Å². The monoisotopic (exact) mass is 451 g/mol. The zero-order valence-corrected chi connectivity index (χ0v) is 17.8. The highest BCUT2D eigenvalue weighted by Crippen LogP contribution is 2.28. The minimum Gasteiger partial charge on any atom is -0.337 e. The summed E-state index contributed by atoms with van der Waals surface area (Å²) in [5, 5.41) is 0.517. The topological polar surface area (TPSA) is 109 Å². The molecule has 7 nitrogen and oxygen atoms in total. The molecule has 0 saturated carbocycles. The van der Waals surface area contributed by atoms with Crippen molar-refractivity contribution in [1.82, 2.24) is 9.97 Å². The van der Waals surface area contributed by atoms with Gasteiger partial charge in [0.25, 0.3) is 0 Å². The molecule has 0 amide bonds. The first-order valence-electron chi connectivity index (χ1n) is 9.11. The SMILES string of the molecule is CCCS(=O)(=O)Nc1ccc(Cl)c(C(=O)Cc2cnc3[nH]c(C(C)=O)cc3c2)c1F. The maximum Gasteiger partial charge on any atom is 0.232 e. The van der Waals surface area contributed by atoms with Gasteiger partial charge in [-0.05, 0) is 36.2 Å². The van der Waals surface area contributed by atoms with Gasteiger partial charge in [-0.1, -0.05) is 18.5 Å². The van der Waals surface area contributed by atoms with Crippen molar-refractivity contribution < 1.29 is 22.4 Å². The second-order valence-electron chi connectivity index (χ2n) is 6.83. The molecule has 0 saturated heterocycles. The minimum atomic E-state index is -3.74. The number of carbonyl (C=O) groups excluding carboxylic acids is 2. The smallest absolute Gasteiger partial charge is 0.232 e. The lowest BCUT2D eigenvalue weighted by atomic mass is 10.0. The normalized spacial score (nSPS) is 11.6. The number of carbonyl (C=O) groups is 2. The van der Waals surface area contributed by atoms with Crippen LogP contribution in [0.5, 0.6) is 0 Å². The zero-order valence-electron chi connectivity index (χ0n) is 16.3. The molecule has 158 valence electrons. The molecule has 0 atom stereocenters. The minimum absolute atomic E-state index is 0.120. The zero-order chi connectivity index (χ0) is 22.1. The number of hydrogen-bond acceptors (Lipinski definition) is 5. The van der Waals surface area contributed by atoms with Crippen molar-refractivity contribution in [3.05, 3.63) is 58.1 Å². The number of rotatable bonds is 8. The van der Waals surface area contributed by atoms with Gasteiger partial charge in [0.2, 0.25) is 10.0 Å². The van der Waals surface area contributed by atoms with Gasteiger partial charge in [-0.15, -0.1) is 0 Å². The molecule has 2 aromatic heterocycles. The summed E-state index contributed by atoms with van der Waals surface area (Å²) in [7, 11) is -3.74. The lowest BCUT2D eigenvalue weighted by molar-refractivity contribution is 0.0986. The second-order valence-corrected chi connectivity index (χ2v) is 9.07. The van der Waals surface area contributed by atoms with E-state index in [-0.39, 0.29) is 28.7 Å². The highest BCUT2D eigenvalue weighted by molar-refractivity contribution is 7.92. The highest BCUT2D eigenvalue weighted by Gasteiger charge is 2.22. The molecule has 30 heavy (non-hydrogen) atoms. The molecule has 0 bridgehead atoms. The van der Waals surface area contributed by atoms with E-state index in [1.54, 1.807) is 19.1 Å². The molecule has 0 radical (unpaired) electrons. The molecule has 0 unspecified atom stereocenters. The fraction of sp³-hybridized carbons (Fsp3) is 0.250. The first-order chi connectivity index (χ1) is 14.1. The molecule has 3 aromatic rings.